The zero-order valence-electron chi connectivity index (χ0n) is 10.9. The zero-order valence-corrected chi connectivity index (χ0v) is 10.9. The van der Waals surface area contributed by atoms with Crippen LogP contribution >= 0.6 is 0 Å². The van der Waals surface area contributed by atoms with E-state index in [1.807, 2.05) is 7.05 Å². The van der Waals surface area contributed by atoms with Crippen molar-refractivity contribution in [1.29, 1.82) is 0 Å². The number of amides is 1. The first-order chi connectivity index (χ1) is 8.60. The summed E-state index contributed by atoms with van der Waals surface area (Å²) in [6.07, 6.45) is 2.08. The maximum atomic E-state index is 13.3. The Morgan fingerprint density at radius 3 is 2.89 bits per heavy atom. The van der Waals surface area contributed by atoms with Crippen molar-refractivity contribution in [2.75, 3.05) is 20.1 Å². The van der Waals surface area contributed by atoms with Crippen LogP contribution in [0.2, 0.25) is 0 Å². The summed E-state index contributed by atoms with van der Waals surface area (Å²) >= 11 is 0. The molecule has 0 unspecified atom stereocenters. The highest BCUT2D eigenvalue weighted by Gasteiger charge is 2.23. The number of hydrogen-bond donors (Lipinski definition) is 1. The van der Waals surface area contributed by atoms with Gasteiger partial charge in [0.15, 0.2) is 0 Å². The summed E-state index contributed by atoms with van der Waals surface area (Å²) in [6, 6.07) is 4.84. The summed E-state index contributed by atoms with van der Waals surface area (Å²) in [5, 5.41) is 3.20. The SMILES string of the molecule is CN[C@@H]1CCCN(C(=O)c2cc(C)cc(F)c2)C1. The maximum Gasteiger partial charge on any atom is 0.254 e. The number of hydrogen-bond acceptors (Lipinski definition) is 2. The highest BCUT2D eigenvalue weighted by molar-refractivity contribution is 5.94. The second-order valence-electron chi connectivity index (χ2n) is 4.90. The van der Waals surface area contributed by atoms with Gasteiger partial charge in [-0.15, -0.1) is 0 Å². The summed E-state index contributed by atoms with van der Waals surface area (Å²) in [6.45, 7) is 3.25. The molecular formula is C14H19FN2O. The molecule has 4 heteroatoms. The van der Waals surface area contributed by atoms with Gasteiger partial charge in [-0.05, 0) is 50.6 Å². The van der Waals surface area contributed by atoms with E-state index < -0.39 is 0 Å². The van der Waals surface area contributed by atoms with E-state index in [0.717, 1.165) is 24.9 Å². The van der Waals surface area contributed by atoms with Gasteiger partial charge >= 0.3 is 0 Å². The Bertz CT molecular complexity index is 427. The normalized spacial score (nSPS) is 19.9. The lowest BCUT2D eigenvalue weighted by atomic mass is 10.0. The lowest BCUT2D eigenvalue weighted by Crippen LogP contribution is -2.47. The van der Waals surface area contributed by atoms with Gasteiger partial charge in [-0.3, -0.25) is 4.79 Å². The molecule has 98 valence electrons. The maximum absolute atomic E-state index is 13.3. The van der Waals surface area contributed by atoms with Gasteiger partial charge in [0.1, 0.15) is 5.82 Å². The average molecular weight is 250 g/mol. The molecule has 0 spiro atoms. The van der Waals surface area contributed by atoms with Crippen molar-refractivity contribution in [3.05, 3.63) is 35.1 Å². The lowest BCUT2D eigenvalue weighted by Gasteiger charge is -2.32. The highest BCUT2D eigenvalue weighted by Crippen LogP contribution is 2.15. The molecule has 2 rings (SSSR count). The Labute approximate surface area is 107 Å². The molecule has 1 heterocycles. The molecule has 1 aliphatic heterocycles. The van der Waals surface area contributed by atoms with Gasteiger partial charge in [-0.1, -0.05) is 0 Å². The third-order valence-corrected chi connectivity index (χ3v) is 3.41. The molecule has 0 aliphatic carbocycles. The van der Waals surface area contributed by atoms with Crippen LogP contribution < -0.4 is 5.32 Å². The van der Waals surface area contributed by atoms with E-state index in [1.54, 1.807) is 17.9 Å². The molecule has 1 atom stereocenters. The van der Waals surface area contributed by atoms with Gasteiger partial charge in [0.05, 0.1) is 0 Å². The van der Waals surface area contributed by atoms with Crippen molar-refractivity contribution < 1.29 is 9.18 Å². The number of likely N-dealkylation sites (N-methyl/N-ethyl adjacent to an activating group) is 1. The van der Waals surface area contributed by atoms with E-state index in [0.29, 0.717) is 18.2 Å². The van der Waals surface area contributed by atoms with E-state index in [9.17, 15) is 9.18 Å². The molecule has 0 radical (unpaired) electrons. The third kappa shape index (κ3) is 2.88. The minimum Gasteiger partial charge on any atom is -0.337 e. The van der Waals surface area contributed by atoms with Crippen LogP contribution in [0.4, 0.5) is 4.39 Å². The van der Waals surface area contributed by atoms with Gasteiger partial charge < -0.3 is 10.2 Å². The Morgan fingerprint density at radius 2 is 2.22 bits per heavy atom. The molecule has 1 aromatic rings. The molecule has 0 saturated carbocycles. The molecule has 1 N–H and O–H groups in total. The van der Waals surface area contributed by atoms with Crippen molar-refractivity contribution in [2.45, 2.75) is 25.8 Å². The number of piperidine rings is 1. The van der Waals surface area contributed by atoms with Gasteiger partial charge in [0.25, 0.3) is 5.91 Å². The van der Waals surface area contributed by atoms with Crippen molar-refractivity contribution in [2.24, 2.45) is 0 Å². The van der Waals surface area contributed by atoms with Crippen LogP contribution in [0.1, 0.15) is 28.8 Å². The first-order valence-corrected chi connectivity index (χ1v) is 6.34. The van der Waals surface area contributed by atoms with Crippen molar-refractivity contribution >= 4 is 5.91 Å². The Morgan fingerprint density at radius 1 is 1.44 bits per heavy atom. The summed E-state index contributed by atoms with van der Waals surface area (Å²) in [5.41, 5.74) is 1.23. The first kappa shape index (κ1) is 13.0. The molecular weight excluding hydrogens is 231 g/mol. The van der Waals surface area contributed by atoms with Gasteiger partial charge in [0.2, 0.25) is 0 Å². The van der Waals surface area contributed by atoms with E-state index >= 15 is 0 Å². The van der Waals surface area contributed by atoms with Gasteiger partial charge in [-0.25, -0.2) is 4.39 Å². The van der Waals surface area contributed by atoms with Gasteiger partial charge in [0, 0.05) is 24.7 Å². The second-order valence-corrected chi connectivity index (χ2v) is 4.90. The predicted molar refractivity (Wildman–Crippen MR) is 69.1 cm³/mol. The van der Waals surface area contributed by atoms with Crippen molar-refractivity contribution in [3.8, 4) is 0 Å². The summed E-state index contributed by atoms with van der Waals surface area (Å²) in [5.74, 6) is -0.418. The van der Waals surface area contributed by atoms with E-state index in [1.165, 1.54) is 12.1 Å². The number of halogens is 1. The Hall–Kier alpha value is -1.42. The smallest absolute Gasteiger partial charge is 0.254 e. The van der Waals surface area contributed by atoms with Crippen molar-refractivity contribution in [3.63, 3.8) is 0 Å². The van der Waals surface area contributed by atoms with Crippen LogP contribution in [-0.4, -0.2) is 37.0 Å². The minimum absolute atomic E-state index is 0.0717. The lowest BCUT2D eigenvalue weighted by molar-refractivity contribution is 0.0697. The largest absolute Gasteiger partial charge is 0.337 e. The predicted octanol–water partition coefficient (Wildman–Crippen LogP) is 1.96. The second kappa shape index (κ2) is 5.48. The third-order valence-electron chi connectivity index (χ3n) is 3.41. The van der Waals surface area contributed by atoms with Crippen LogP contribution in [0.15, 0.2) is 18.2 Å². The fourth-order valence-corrected chi connectivity index (χ4v) is 2.44. The van der Waals surface area contributed by atoms with Crippen LogP contribution in [0, 0.1) is 12.7 Å². The number of likely N-dealkylation sites (tertiary alicyclic amines) is 1. The van der Waals surface area contributed by atoms with E-state index in [2.05, 4.69) is 5.32 Å². The number of nitrogens with zero attached hydrogens (tertiary/aromatic N) is 1. The molecule has 3 nitrogen and oxygen atoms in total. The molecule has 18 heavy (non-hydrogen) atoms. The molecule has 0 bridgehead atoms. The van der Waals surface area contributed by atoms with Crippen LogP contribution in [0.5, 0.6) is 0 Å². The van der Waals surface area contributed by atoms with E-state index in [4.69, 9.17) is 0 Å². The van der Waals surface area contributed by atoms with Crippen LogP contribution in [0.25, 0.3) is 0 Å². The summed E-state index contributed by atoms with van der Waals surface area (Å²) in [7, 11) is 1.91. The average Bonchev–Trinajstić information content (AvgIpc) is 2.37. The molecule has 1 fully saturated rings. The molecule has 0 aromatic heterocycles. The number of carbonyl (C=O) groups excluding carboxylic acids is 1. The zero-order chi connectivity index (χ0) is 13.1. The first-order valence-electron chi connectivity index (χ1n) is 6.34. The number of carbonyl (C=O) groups is 1. The van der Waals surface area contributed by atoms with Crippen LogP contribution in [-0.2, 0) is 0 Å². The number of aryl methyl sites for hydroxylation is 1. The Kier molecular flexibility index (Phi) is 3.97. The number of benzene rings is 1. The number of rotatable bonds is 2. The Balaban J connectivity index is 2.15. The minimum atomic E-state index is -0.347. The fraction of sp³-hybridized carbons (Fsp3) is 0.500. The monoisotopic (exact) mass is 250 g/mol. The standard InChI is InChI=1S/C14H19FN2O/c1-10-6-11(8-12(15)7-10)14(18)17-5-3-4-13(9-17)16-2/h6-8,13,16H,3-5,9H2,1-2H3/t13-/m1/s1. The highest BCUT2D eigenvalue weighted by atomic mass is 19.1. The van der Waals surface area contributed by atoms with Gasteiger partial charge in [-0.2, -0.15) is 0 Å². The summed E-state index contributed by atoms with van der Waals surface area (Å²) in [4.78, 5) is 14.1. The molecule has 1 saturated heterocycles. The van der Waals surface area contributed by atoms with E-state index in [-0.39, 0.29) is 11.7 Å². The number of nitrogens with one attached hydrogen (secondary N) is 1. The van der Waals surface area contributed by atoms with Crippen molar-refractivity contribution in [1.82, 2.24) is 10.2 Å². The van der Waals surface area contributed by atoms with Crippen LogP contribution in [0.3, 0.4) is 0 Å². The molecule has 1 aromatic carbocycles. The molecule has 1 amide bonds. The molecule has 1 aliphatic rings. The summed E-state index contributed by atoms with van der Waals surface area (Å²) < 4.78 is 13.3. The fourth-order valence-electron chi connectivity index (χ4n) is 2.44. The topological polar surface area (TPSA) is 32.3 Å². The quantitative estimate of drug-likeness (QED) is 0.870.